The maximum absolute atomic E-state index is 13.1. The van der Waals surface area contributed by atoms with Gasteiger partial charge in [-0.15, -0.1) is 12.6 Å². The Kier molecular flexibility index (Phi) is 3.64. The summed E-state index contributed by atoms with van der Waals surface area (Å²) in [6.07, 6.45) is 0.742. The zero-order chi connectivity index (χ0) is 13.3. The molecule has 1 aliphatic rings. The van der Waals surface area contributed by atoms with Crippen LogP contribution in [0.5, 0.6) is 0 Å². The van der Waals surface area contributed by atoms with Gasteiger partial charge in [0.25, 0.3) is 5.91 Å². The van der Waals surface area contributed by atoms with Crippen LogP contribution in [0.2, 0.25) is 0 Å². The van der Waals surface area contributed by atoms with Crippen LogP contribution in [0.1, 0.15) is 30.6 Å². The average molecular weight is 269 g/mol. The summed E-state index contributed by atoms with van der Waals surface area (Å²) in [6.45, 7) is 4.52. The van der Waals surface area contributed by atoms with Crippen molar-refractivity contribution in [3.05, 3.63) is 29.6 Å². The molecule has 1 heterocycles. The van der Waals surface area contributed by atoms with Gasteiger partial charge < -0.3 is 10.1 Å². The Bertz CT molecular complexity index is 480. The molecule has 1 amide bonds. The molecule has 3 nitrogen and oxygen atoms in total. The normalized spacial score (nSPS) is 27.2. The third kappa shape index (κ3) is 2.52. The van der Waals surface area contributed by atoms with Crippen LogP contribution in [0.15, 0.2) is 23.1 Å². The highest BCUT2D eigenvalue weighted by molar-refractivity contribution is 7.80. The molecule has 0 radical (unpaired) electrons. The van der Waals surface area contributed by atoms with E-state index in [0.29, 0.717) is 12.2 Å². The highest BCUT2D eigenvalue weighted by Gasteiger charge is 2.38. The van der Waals surface area contributed by atoms with Crippen LogP contribution in [0.4, 0.5) is 4.39 Å². The fraction of sp³-hybridized carbons (Fsp3) is 0.462. The number of halogens is 1. The predicted octanol–water partition coefficient (Wildman–Crippen LogP) is 2.41. The van der Waals surface area contributed by atoms with E-state index in [9.17, 15) is 9.18 Å². The summed E-state index contributed by atoms with van der Waals surface area (Å²) < 4.78 is 18.5. The van der Waals surface area contributed by atoms with E-state index in [1.807, 2.05) is 13.8 Å². The Balaban J connectivity index is 2.14. The maximum Gasteiger partial charge on any atom is 0.251 e. The summed E-state index contributed by atoms with van der Waals surface area (Å²) in [6, 6.07) is 4.12. The zero-order valence-electron chi connectivity index (χ0n) is 10.4. The summed E-state index contributed by atoms with van der Waals surface area (Å²) in [4.78, 5) is 12.3. The van der Waals surface area contributed by atoms with Crippen LogP contribution in [-0.4, -0.2) is 24.2 Å². The van der Waals surface area contributed by atoms with Gasteiger partial charge in [0.15, 0.2) is 0 Å². The number of ether oxygens (including phenoxy) is 1. The van der Waals surface area contributed by atoms with Crippen molar-refractivity contribution in [2.75, 3.05) is 6.61 Å². The molecule has 2 atom stereocenters. The Morgan fingerprint density at radius 2 is 2.33 bits per heavy atom. The second kappa shape index (κ2) is 4.90. The molecule has 5 heteroatoms. The smallest absolute Gasteiger partial charge is 0.251 e. The number of carbonyl (C=O) groups excluding carboxylic acids is 1. The highest BCUT2D eigenvalue weighted by Crippen LogP contribution is 2.25. The second-order valence-electron chi connectivity index (χ2n) is 4.80. The fourth-order valence-electron chi connectivity index (χ4n) is 1.98. The molecular weight excluding hydrogens is 253 g/mol. The molecule has 1 fully saturated rings. The zero-order valence-corrected chi connectivity index (χ0v) is 11.3. The number of nitrogens with one attached hydrogen (secondary N) is 1. The van der Waals surface area contributed by atoms with E-state index in [1.54, 1.807) is 0 Å². The second-order valence-corrected chi connectivity index (χ2v) is 5.28. The van der Waals surface area contributed by atoms with Crippen molar-refractivity contribution >= 4 is 18.5 Å². The number of hydrogen-bond acceptors (Lipinski definition) is 3. The van der Waals surface area contributed by atoms with Gasteiger partial charge in [-0.25, -0.2) is 4.39 Å². The standard InChI is InChI=1S/C13H16FNO2S/c1-8-13(2,5-6-17-8)15-12(16)9-3-4-10(14)11(18)7-9/h3-4,7-8,18H,5-6H2,1-2H3,(H,15,16). The van der Waals surface area contributed by atoms with Gasteiger partial charge in [0, 0.05) is 17.1 Å². The lowest BCUT2D eigenvalue weighted by atomic mass is 9.94. The number of hydrogen-bond donors (Lipinski definition) is 2. The first-order valence-electron chi connectivity index (χ1n) is 5.85. The third-order valence-corrected chi connectivity index (χ3v) is 3.84. The first-order chi connectivity index (χ1) is 8.42. The molecule has 18 heavy (non-hydrogen) atoms. The van der Waals surface area contributed by atoms with Gasteiger partial charge in [0.2, 0.25) is 0 Å². The largest absolute Gasteiger partial charge is 0.376 e. The third-order valence-electron chi connectivity index (χ3n) is 3.49. The van der Waals surface area contributed by atoms with Gasteiger partial charge in [-0.2, -0.15) is 0 Å². The molecule has 1 saturated heterocycles. The molecule has 2 rings (SSSR count). The van der Waals surface area contributed by atoms with Crippen LogP contribution in [0.3, 0.4) is 0 Å². The van der Waals surface area contributed by atoms with E-state index in [2.05, 4.69) is 17.9 Å². The Labute approximate surface area is 111 Å². The summed E-state index contributed by atoms with van der Waals surface area (Å²) >= 11 is 3.97. The summed E-state index contributed by atoms with van der Waals surface area (Å²) in [5.74, 6) is -0.663. The molecular formula is C13H16FNO2S. The van der Waals surface area contributed by atoms with Crippen molar-refractivity contribution < 1.29 is 13.9 Å². The van der Waals surface area contributed by atoms with E-state index in [-0.39, 0.29) is 22.4 Å². The minimum atomic E-state index is -0.432. The van der Waals surface area contributed by atoms with Crippen LogP contribution in [-0.2, 0) is 4.74 Å². The summed E-state index contributed by atoms with van der Waals surface area (Å²) in [5.41, 5.74) is 0.0316. The average Bonchev–Trinajstić information content (AvgIpc) is 2.63. The molecule has 1 N–H and O–H groups in total. The SMILES string of the molecule is CC1OCCC1(C)NC(=O)c1ccc(F)c(S)c1. The monoisotopic (exact) mass is 269 g/mol. The molecule has 1 aromatic rings. The maximum atomic E-state index is 13.1. The minimum absolute atomic E-state index is 0.0302. The minimum Gasteiger partial charge on any atom is -0.376 e. The lowest BCUT2D eigenvalue weighted by molar-refractivity contribution is 0.0727. The fourth-order valence-corrected chi connectivity index (χ4v) is 2.20. The van der Waals surface area contributed by atoms with Gasteiger partial charge in [0.05, 0.1) is 11.6 Å². The van der Waals surface area contributed by atoms with Gasteiger partial charge in [0.1, 0.15) is 5.82 Å². The molecule has 0 saturated carbocycles. The van der Waals surface area contributed by atoms with Gasteiger partial charge in [-0.1, -0.05) is 0 Å². The van der Waals surface area contributed by atoms with E-state index < -0.39 is 5.82 Å². The molecule has 0 aromatic heterocycles. The highest BCUT2D eigenvalue weighted by atomic mass is 32.1. The number of thiol groups is 1. The van der Waals surface area contributed by atoms with Crippen molar-refractivity contribution in [1.82, 2.24) is 5.32 Å². The van der Waals surface area contributed by atoms with Crippen molar-refractivity contribution in [1.29, 1.82) is 0 Å². The van der Waals surface area contributed by atoms with Gasteiger partial charge in [-0.05, 0) is 38.5 Å². The first kappa shape index (κ1) is 13.4. The molecule has 98 valence electrons. The number of amides is 1. The molecule has 0 aliphatic carbocycles. The molecule has 0 spiro atoms. The van der Waals surface area contributed by atoms with Crippen molar-refractivity contribution in [3.63, 3.8) is 0 Å². The molecule has 0 bridgehead atoms. The number of benzene rings is 1. The van der Waals surface area contributed by atoms with Crippen LogP contribution in [0, 0.1) is 5.82 Å². The van der Waals surface area contributed by atoms with Crippen LogP contribution in [0.25, 0.3) is 0 Å². The topological polar surface area (TPSA) is 38.3 Å². The molecule has 1 aliphatic heterocycles. The van der Waals surface area contributed by atoms with Gasteiger partial charge >= 0.3 is 0 Å². The van der Waals surface area contributed by atoms with Crippen molar-refractivity contribution in [3.8, 4) is 0 Å². The van der Waals surface area contributed by atoms with Crippen molar-refractivity contribution in [2.24, 2.45) is 0 Å². The first-order valence-corrected chi connectivity index (χ1v) is 6.30. The lowest BCUT2D eigenvalue weighted by Gasteiger charge is -2.28. The van der Waals surface area contributed by atoms with E-state index in [4.69, 9.17) is 4.74 Å². The van der Waals surface area contributed by atoms with Gasteiger partial charge in [-0.3, -0.25) is 4.79 Å². The summed E-state index contributed by atoms with van der Waals surface area (Å²) in [5, 5.41) is 2.95. The molecule has 1 aromatic carbocycles. The number of carbonyl (C=O) groups is 1. The Hall–Kier alpha value is -1.07. The van der Waals surface area contributed by atoms with E-state index in [0.717, 1.165) is 6.42 Å². The Morgan fingerprint density at radius 1 is 1.61 bits per heavy atom. The Morgan fingerprint density at radius 3 is 2.89 bits per heavy atom. The van der Waals surface area contributed by atoms with E-state index >= 15 is 0 Å². The lowest BCUT2D eigenvalue weighted by Crippen LogP contribution is -2.50. The van der Waals surface area contributed by atoms with E-state index in [1.165, 1.54) is 18.2 Å². The van der Waals surface area contributed by atoms with Crippen LogP contribution >= 0.6 is 12.6 Å². The van der Waals surface area contributed by atoms with Crippen LogP contribution < -0.4 is 5.32 Å². The van der Waals surface area contributed by atoms with Crippen molar-refractivity contribution in [2.45, 2.75) is 36.8 Å². The summed E-state index contributed by atoms with van der Waals surface area (Å²) in [7, 11) is 0. The molecule has 2 unspecified atom stereocenters. The quantitative estimate of drug-likeness (QED) is 0.809. The number of rotatable bonds is 2. The predicted molar refractivity (Wildman–Crippen MR) is 69.6 cm³/mol.